The van der Waals surface area contributed by atoms with Crippen LogP contribution in [0.4, 0.5) is 11.4 Å². The number of benzene rings is 2. The first kappa shape index (κ1) is 16.5. The number of anilines is 1. The average Bonchev–Trinajstić information content (AvgIpc) is 2.48. The Morgan fingerprint density at radius 1 is 1.09 bits per heavy atom. The summed E-state index contributed by atoms with van der Waals surface area (Å²) in [4.78, 5) is 10.2. The molecule has 0 aliphatic rings. The first-order valence-electron chi connectivity index (χ1n) is 6.69. The molecule has 0 bridgehead atoms. The Kier molecular flexibility index (Phi) is 6.00. The van der Waals surface area contributed by atoms with E-state index in [1.54, 1.807) is 6.07 Å². The molecule has 0 saturated heterocycles. The highest BCUT2D eigenvalue weighted by Gasteiger charge is 2.08. The molecule has 5 nitrogen and oxygen atoms in total. The molecule has 0 spiro atoms. The lowest BCUT2D eigenvalue weighted by molar-refractivity contribution is -0.384. The molecule has 0 atom stereocenters. The molecule has 0 aliphatic carbocycles. The van der Waals surface area contributed by atoms with Crippen LogP contribution in [-0.4, -0.2) is 18.0 Å². The predicted octanol–water partition coefficient (Wildman–Crippen LogP) is 4.10. The molecule has 2 aromatic carbocycles. The minimum Gasteiger partial charge on any atom is -0.383 e. The maximum atomic E-state index is 10.6. The van der Waals surface area contributed by atoms with Gasteiger partial charge in [0.05, 0.1) is 15.6 Å². The van der Waals surface area contributed by atoms with E-state index in [0.29, 0.717) is 17.3 Å². The summed E-state index contributed by atoms with van der Waals surface area (Å²) >= 11 is 11.9. The van der Waals surface area contributed by atoms with E-state index in [1.807, 2.05) is 24.3 Å². The maximum Gasteiger partial charge on any atom is 0.271 e. The van der Waals surface area contributed by atoms with Crippen LogP contribution < -0.4 is 10.6 Å². The molecule has 2 aromatic rings. The Morgan fingerprint density at radius 2 is 1.91 bits per heavy atom. The molecule has 0 unspecified atom stereocenters. The highest BCUT2D eigenvalue weighted by molar-refractivity contribution is 6.33. The van der Waals surface area contributed by atoms with Crippen LogP contribution in [0, 0.1) is 10.1 Å². The number of nitro groups is 1. The van der Waals surface area contributed by atoms with Gasteiger partial charge in [-0.3, -0.25) is 10.1 Å². The smallest absolute Gasteiger partial charge is 0.271 e. The number of halogens is 2. The van der Waals surface area contributed by atoms with Crippen molar-refractivity contribution < 1.29 is 4.92 Å². The second-order valence-electron chi connectivity index (χ2n) is 4.65. The highest BCUT2D eigenvalue weighted by atomic mass is 35.5. The third-order valence-electron chi connectivity index (χ3n) is 3.00. The van der Waals surface area contributed by atoms with Crippen molar-refractivity contribution in [3.05, 3.63) is 68.2 Å². The van der Waals surface area contributed by atoms with Gasteiger partial charge in [0.15, 0.2) is 0 Å². The summed E-state index contributed by atoms with van der Waals surface area (Å²) in [5, 5.41) is 18.1. The van der Waals surface area contributed by atoms with Gasteiger partial charge in [-0.2, -0.15) is 0 Å². The zero-order valence-electron chi connectivity index (χ0n) is 11.7. The van der Waals surface area contributed by atoms with E-state index in [0.717, 1.165) is 23.7 Å². The van der Waals surface area contributed by atoms with E-state index >= 15 is 0 Å². The molecule has 116 valence electrons. The largest absolute Gasteiger partial charge is 0.383 e. The van der Waals surface area contributed by atoms with Crippen molar-refractivity contribution in [3.63, 3.8) is 0 Å². The lowest BCUT2D eigenvalue weighted by atomic mass is 10.2. The number of nitrogens with one attached hydrogen (secondary N) is 2. The van der Waals surface area contributed by atoms with Crippen LogP contribution in [0.5, 0.6) is 0 Å². The Morgan fingerprint density at radius 3 is 2.59 bits per heavy atom. The van der Waals surface area contributed by atoms with E-state index in [9.17, 15) is 10.1 Å². The van der Waals surface area contributed by atoms with Crippen molar-refractivity contribution in [1.82, 2.24) is 5.32 Å². The molecular formula is C15H15Cl2N3O2. The van der Waals surface area contributed by atoms with E-state index in [2.05, 4.69) is 10.6 Å². The molecular weight excluding hydrogens is 325 g/mol. The van der Waals surface area contributed by atoms with Crippen LogP contribution in [0.1, 0.15) is 5.56 Å². The maximum absolute atomic E-state index is 10.6. The minimum absolute atomic E-state index is 0.0189. The molecule has 0 fully saturated rings. The standard InChI is InChI=1S/C15H15Cl2N3O2/c16-12-3-1-2-11(8-12)10-18-6-7-19-15-5-4-13(20(21)22)9-14(15)17/h1-5,8-9,18-19H,6-7,10H2. The summed E-state index contributed by atoms with van der Waals surface area (Å²) in [5.74, 6) is 0. The zero-order chi connectivity index (χ0) is 15.9. The molecule has 2 rings (SSSR count). The van der Waals surface area contributed by atoms with Crippen LogP contribution >= 0.6 is 23.2 Å². The minimum atomic E-state index is -0.470. The molecule has 22 heavy (non-hydrogen) atoms. The Balaban J connectivity index is 1.76. The van der Waals surface area contributed by atoms with Gasteiger partial charge in [-0.25, -0.2) is 0 Å². The number of hydrogen-bond acceptors (Lipinski definition) is 4. The number of rotatable bonds is 7. The van der Waals surface area contributed by atoms with Crippen LogP contribution in [0.2, 0.25) is 10.0 Å². The predicted molar refractivity (Wildman–Crippen MR) is 89.8 cm³/mol. The van der Waals surface area contributed by atoms with Gasteiger partial charge in [-0.1, -0.05) is 35.3 Å². The van der Waals surface area contributed by atoms with Crippen LogP contribution in [-0.2, 0) is 6.54 Å². The van der Waals surface area contributed by atoms with Crippen molar-refractivity contribution in [2.75, 3.05) is 18.4 Å². The molecule has 0 saturated carbocycles. The topological polar surface area (TPSA) is 67.2 Å². The number of hydrogen-bond donors (Lipinski definition) is 2. The zero-order valence-corrected chi connectivity index (χ0v) is 13.2. The molecule has 2 N–H and O–H groups in total. The van der Waals surface area contributed by atoms with Gasteiger partial charge < -0.3 is 10.6 Å². The van der Waals surface area contributed by atoms with E-state index in [1.165, 1.54) is 12.1 Å². The van der Waals surface area contributed by atoms with Crippen molar-refractivity contribution in [1.29, 1.82) is 0 Å². The Hall–Kier alpha value is -1.82. The molecule has 0 heterocycles. The monoisotopic (exact) mass is 339 g/mol. The summed E-state index contributed by atoms with van der Waals surface area (Å²) in [7, 11) is 0. The van der Waals surface area contributed by atoms with Gasteiger partial charge in [-0.05, 0) is 23.8 Å². The van der Waals surface area contributed by atoms with Crippen LogP contribution in [0.25, 0.3) is 0 Å². The van der Waals surface area contributed by atoms with Gasteiger partial charge in [0, 0.05) is 36.8 Å². The molecule has 7 heteroatoms. The number of nitrogens with zero attached hydrogens (tertiary/aromatic N) is 1. The summed E-state index contributed by atoms with van der Waals surface area (Å²) < 4.78 is 0. The lowest BCUT2D eigenvalue weighted by Crippen LogP contribution is -2.21. The fourth-order valence-electron chi connectivity index (χ4n) is 1.93. The first-order valence-corrected chi connectivity index (χ1v) is 7.45. The van der Waals surface area contributed by atoms with Crippen molar-refractivity contribution in [2.45, 2.75) is 6.54 Å². The molecule has 0 aromatic heterocycles. The number of nitro benzene ring substituents is 1. The molecule has 0 aliphatic heterocycles. The third-order valence-corrected chi connectivity index (χ3v) is 3.55. The third kappa shape index (κ3) is 4.87. The summed E-state index contributed by atoms with van der Waals surface area (Å²) in [5.41, 5.74) is 1.77. The van der Waals surface area contributed by atoms with E-state index < -0.39 is 4.92 Å². The number of non-ortho nitro benzene ring substituents is 1. The van der Waals surface area contributed by atoms with Gasteiger partial charge in [0.25, 0.3) is 5.69 Å². The first-order chi connectivity index (χ1) is 10.6. The van der Waals surface area contributed by atoms with Gasteiger partial charge in [0.1, 0.15) is 0 Å². The quantitative estimate of drug-likeness (QED) is 0.452. The van der Waals surface area contributed by atoms with Gasteiger partial charge in [0.2, 0.25) is 0 Å². The summed E-state index contributed by atoms with van der Waals surface area (Å²) in [6.07, 6.45) is 0. The fourth-order valence-corrected chi connectivity index (χ4v) is 2.38. The summed E-state index contributed by atoms with van der Waals surface area (Å²) in [6.45, 7) is 2.09. The Bertz CT molecular complexity index is 665. The Labute approximate surface area is 138 Å². The van der Waals surface area contributed by atoms with Crippen LogP contribution in [0.15, 0.2) is 42.5 Å². The highest BCUT2D eigenvalue weighted by Crippen LogP contribution is 2.26. The fraction of sp³-hybridized carbons (Fsp3) is 0.200. The second kappa shape index (κ2) is 7.98. The van der Waals surface area contributed by atoms with Crippen molar-refractivity contribution in [3.8, 4) is 0 Å². The van der Waals surface area contributed by atoms with E-state index in [-0.39, 0.29) is 5.69 Å². The second-order valence-corrected chi connectivity index (χ2v) is 5.50. The van der Waals surface area contributed by atoms with Crippen LogP contribution in [0.3, 0.4) is 0 Å². The van der Waals surface area contributed by atoms with E-state index in [4.69, 9.17) is 23.2 Å². The molecule has 0 radical (unpaired) electrons. The SMILES string of the molecule is O=[N+]([O-])c1ccc(NCCNCc2cccc(Cl)c2)c(Cl)c1. The van der Waals surface area contributed by atoms with Gasteiger partial charge in [-0.15, -0.1) is 0 Å². The van der Waals surface area contributed by atoms with Crippen molar-refractivity contribution >= 4 is 34.6 Å². The van der Waals surface area contributed by atoms with Crippen molar-refractivity contribution in [2.24, 2.45) is 0 Å². The average molecular weight is 340 g/mol. The lowest BCUT2D eigenvalue weighted by Gasteiger charge is -2.09. The molecule has 0 amide bonds. The van der Waals surface area contributed by atoms with Gasteiger partial charge >= 0.3 is 0 Å². The normalized spacial score (nSPS) is 10.5. The summed E-state index contributed by atoms with van der Waals surface area (Å²) in [6, 6.07) is 12.0.